The van der Waals surface area contributed by atoms with Gasteiger partial charge in [0.25, 0.3) is 5.91 Å². The summed E-state index contributed by atoms with van der Waals surface area (Å²) >= 11 is 0. The SMILES string of the molecule is Cc1ccc(C(CNC(=O)CNC(=O)c2ccccc2C)N2CCOCC2)o1. The van der Waals surface area contributed by atoms with Crippen molar-refractivity contribution in [3.63, 3.8) is 0 Å². The van der Waals surface area contributed by atoms with Gasteiger partial charge in [0.2, 0.25) is 5.91 Å². The van der Waals surface area contributed by atoms with E-state index in [2.05, 4.69) is 15.5 Å². The molecule has 1 aromatic heterocycles. The molecule has 1 aliphatic heterocycles. The largest absolute Gasteiger partial charge is 0.465 e. The fraction of sp³-hybridized carbons (Fsp3) is 0.429. The third-order valence-corrected chi connectivity index (χ3v) is 4.87. The highest BCUT2D eigenvalue weighted by Crippen LogP contribution is 2.23. The van der Waals surface area contributed by atoms with Gasteiger partial charge in [0.05, 0.1) is 25.8 Å². The van der Waals surface area contributed by atoms with E-state index in [4.69, 9.17) is 9.15 Å². The lowest BCUT2D eigenvalue weighted by molar-refractivity contribution is -0.120. The van der Waals surface area contributed by atoms with E-state index in [9.17, 15) is 9.59 Å². The predicted molar refractivity (Wildman–Crippen MR) is 105 cm³/mol. The van der Waals surface area contributed by atoms with Crippen molar-refractivity contribution in [2.45, 2.75) is 19.9 Å². The maximum atomic E-state index is 12.3. The van der Waals surface area contributed by atoms with Crippen LogP contribution in [0.1, 0.15) is 33.5 Å². The van der Waals surface area contributed by atoms with Crippen LogP contribution in [0, 0.1) is 13.8 Å². The predicted octanol–water partition coefficient (Wildman–Crippen LogP) is 1.82. The molecule has 28 heavy (non-hydrogen) atoms. The summed E-state index contributed by atoms with van der Waals surface area (Å²) in [6.07, 6.45) is 0. The molecule has 1 fully saturated rings. The molecule has 0 aliphatic carbocycles. The van der Waals surface area contributed by atoms with Crippen LogP contribution >= 0.6 is 0 Å². The number of benzene rings is 1. The van der Waals surface area contributed by atoms with Gasteiger partial charge >= 0.3 is 0 Å². The van der Waals surface area contributed by atoms with E-state index in [1.54, 1.807) is 12.1 Å². The number of hydrogen-bond donors (Lipinski definition) is 2. The molecule has 1 aromatic carbocycles. The number of amides is 2. The normalized spacial score (nSPS) is 15.8. The van der Waals surface area contributed by atoms with Crippen LogP contribution < -0.4 is 10.6 Å². The zero-order chi connectivity index (χ0) is 19.9. The lowest BCUT2D eigenvalue weighted by Gasteiger charge is -2.33. The molecule has 0 bridgehead atoms. The van der Waals surface area contributed by atoms with Crippen LogP contribution in [0.5, 0.6) is 0 Å². The number of carbonyl (C=O) groups excluding carboxylic acids is 2. The minimum Gasteiger partial charge on any atom is -0.465 e. The summed E-state index contributed by atoms with van der Waals surface area (Å²) in [5, 5.41) is 5.59. The van der Waals surface area contributed by atoms with Crippen LogP contribution in [0.2, 0.25) is 0 Å². The number of aryl methyl sites for hydroxylation is 2. The molecule has 1 atom stereocenters. The molecule has 1 unspecified atom stereocenters. The molecule has 1 aliphatic rings. The number of nitrogens with zero attached hydrogens (tertiary/aromatic N) is 1. The van der Waals surface area contributed by atoms with Crippen LogP contribution in [-0.4, -0.2) is 56.1 Å². The topological polar surface area (TPSA) is 83.8 Å². The van der Waals surface area contributed by atoms with Gasteiger partial charge in [-0.25, -0.2) is 0 Å². The second-order valence-corrected chi connectivity index (χ2v) is 6.91. The van der Waals surface area contributed by atoms with Gasteiger partial charge < -0.3 is 19.8 Å². The highest BCUT2D eigenvalue weighted by molar-refractivity contribution is 5.97. The van der Waals surface area contributed by atoms with Crippen molar-refractivity contribution in [1.82, 2.24) is 15.5 Å². The molecule has 0 radical (unpaired) electrons. The first-order chi connectivity index (χ1) is 13.5. The van der Waals surface area contributed by atoms with Gasteiger partial charge in [0.1, 0.15) is 11.5 Å². The number of carbonyl (C=O) groups is 2. The highest BCUT2D eigenvalue weighted by atomic mass is 16.5. The Morgan fingerprint density at radius 3 is 2.50 bits per heavy atom. The van der Waals surface area contributed by atoms with Gasteiger partial charge in [-0.3, -0.25) is 14.5 Å². The Bertz CT molecular complexity index is 811. The maximum Gasteiger partial charge on any atom is 0.251 e. The zero-order valence-corrected chi connectivity index (χ0v) is 16.4. The van der Waals surface area contributed by atoms with E-state index in [1.807, 2.05) is 38.1 Å². The first-order valence-corrected chi connectivity index (χ1v) is 9.53. The first-order valence-electron chi connectivity index (χ1n) is 9.53. The van der Waals surface area contributed by atoms with Crippen LogP contribution in [0.15, 0.2) is 40.8 Å². The summed E-state index contributed by atoms with van der Waals surface area (Å²) in [7, 11) is 0. The average molecular weight is 385 g/mol. The van der Waals surface area contributed by atoms with Crippen molar-refractivity contribution in [3.05, 3.63) is 59.0 Å². The van der Waals surface area contributed by atoms with E-state index >= 15 is 0 Å². The maximum absolute atomic E-state index is 12.3. The lowest BCUT2D eigenvalue weighted by Crippen LogP contribution is -2.45. The fourth-order valence-electron chi connectivity index (χ4n) is 3.29. The number of hydrogen-bond acceptors (Lipinski definition) is 5. The molecular formula is C21H27N3O4. The van der Waals surface area contributed by atoms with Crippen molar-refractivity contribution in [3.8, 4) is 0 Å². The van der Waals surface area contributed by atoms with E-state index in [0.717, 1.165) is 30.2 Å². The van der Waals surface area contributed by atoms with Crippen LogP contribution in [0.3, 0.4) is 0 Å². The Morgan fingerprint density at radius 2 is 1.82 bits per heavy atom. The zero-order valence-electron chi connectivity index (χ0n) is 16.4. The van der Waals surface area contributed by atoms with E-state index < -0.39 is 0 Å². The third-order valence-electron chi connectivity index (χ3n) is 4.87. The molecule has 3 rings (SSSR count). The van der Waals surface area contributed by atoms with Crippen LogP contribution in [0.4, 0.5) is 0 Å². The number of furan rings is 1. The minimum atomic E-state index is -0.250. The first kappa shape index (κ1) is 20.1. The van der Waals surface area contributed by atoms with Crippen LogP contribution in [0.25, 0.3) is 0 Å². The highest BCUT2D eigenvalue weighted by Gasteiger charge is 2.25. The van der Waals surface area contributed by atoms with Crippen molar-refractivity contribution in [1.29, 1.82) is 0 Å². The minimum absolute atomic E-state index is 0.0615. The van der Waals surface area contributed by atoms with Gasteiger partial charge in [-0.05, 0) is 37.6 Å². The molecule has 2 heterocycles. The van der Waals surface area contributed by atoms with Gasteiger partial charge in [-0.2, -0.15) is 0 Å². The van der Waals surface area contributed by atoms with Crippen LogP contribution in [-0.2, 0) is 9.53 Å². The Morgan fingerprint density at radius 1 is 1.07 bits per heavy atom. The molecule has 2 aromatic rings. The average Bonchev–Trinajstić information content (AvgIpc) is 3.13. The monoisotopic (exact) mass is 385 g/mol. The van der Waals surface area contributed by atoms with Crippen molar-refractivity contribution in [2.24, 2.45) is 0 Å². The van der Waals surface area contributed by atoms with E-state index in [1.165, 1.54) is 0 Å². The molecular weight excluding hydrogens is 358 g/mol. The molecule has 7 heteroatoms. The summed E-state index contributed by atoms with van der Waals surface area (Å²) in [6.45, 7) is 7.00. The number of nitrogens with one attached hydrogen (secondary N) is 2. The lowest BCUT2D eigenvalue weighted by atomic mass is 10.1. The second kappa shape index (κ2) is 9.52. The van der Waals surface area contributed by atoms with Crippen molar-refractivity contribution in [2.75, 3.05) is 39.4 Å². The van der Waals surface area contributed by atoms with Crippen molar-refractivity contribution >= 4 is 11.8 Å². The number of ether oxygens (including phenoxy) is 1. The van der Waals surface area contributed by atoms with Gasteiger partial charge in [0, 0.05) is 25.2 Å². The smallest absolute Gasteiger partial charge is 0.251 e. The fourth-order valence-corrected chi connectivity index (χ4v) is 3.29. The van der Waals surface area contributed by atoms with E-state index in [0.29, 0.717) is 25.3 Å². The number of rotatable bonds is 7. The Kier molecular flexibility index (Phi) is 6.84. The number of morpholine rings is 1. The summed E-state index contributed by atoms with van der Waals surface area (Å²) in [6, 6.07) is 11.1. The Balaban J connectivity index is 1.54. The van der Waals surface area contributed by atoms with E-state index in [-0.39, 0.29) is 24.4 Å². The molecule has 2 amide bonds. The molecule has 2 N–H and O–H groups in total. The summed E-state index contributed by atoms with van der Waals surface area (Å²) in [5.41, 5.74) is 1.45. The summed E-state index contributed by atoms with van der Waals surface area (Å²) in [4.78, 5) is 26.8. The van der Waals surface area contributed by atoms with Gasteiger partial charge in [0.15, 0.2) is 0 Å². The summed E-state index contributed by atoms with van der Waals surface area (Å²) < 4.78 is 11.2. The summed E-state index contributed by atoms with van der Waals surface area (Å²) in [5.74, 6) is 1.18. The second-order valence-electron chi connectivity index (χ2n) is 6.91. The van der Waals surface area contributed by atoms with Gasteiger partial charge in [-0.15, -0.1) is 0 Å². The Hall–Kier alpha value is -2.64. The van der Waals surface area contributed by atoms with Gasteiger partial charge in [-0.1, -0.05) is 18.2 Å². The molecule has 0 spiro atoms. The molecule has 150 valence electrons. The van der Waals surface area contributed by atoms with Crippen molar-refractivity contribution < 1.29 is 18.7 Å². The quantitative estimate of drug-likeness (QED) is 0.760. The standard InChI is InChI=1S/C21H27N3O4/c1-15-5-3-4-6-17(15)21(26)23-14-20(25)22-13-18(19-8-7-16(2)28-19)24-9-11-27-12-10-24/h3-8,18H,9-14H2,1-2H3,(H,22,25)(H,23,26). The molecule has 0 saturated carbocycles. The Labute approximate surface area is 165 Å². The molecule has 7 nitrogen and oxygen atoms in total. The molecule has 1 saturated heterocycles. The third kappa shape index (κ3) is 5.21.